The summed E-state index contributed by atoms with van der Waals surface area (Å²) in [4.78, 5) is 30.8. The van der Waals surface area contributed by atoms with Crippen LogP contribution in [0.1, 0.15) is 28.8 Å². The molecule has 25 heavy (non-hydrogen) atoms. The van der Waals surface area contributed by atoms with E-state index in [9.17, 15) is 9.59 Å². The molecule has 5 heteroatoms. The van der Waals surface area contributed by atoms with Crippen LogP contribution >= 0.6 is 11.3 Å². The van der Waals surface area contributed by atoms with Gasteiger partial charge in [0, 0.05) is 18.0 Å². The molecular weight excluding hydrogens is 332 g/mol. The minimum Gasteiger partial charge on any atom is -0.366 e. The SMILES string of the molecule is Cc1cc(C)cc(N2C(=O)C(c3cccs3)=C(N3CCCC3)C2=O)c1. The number of hydrogen-bond donors (Lipinski definition) is 0. The Morgan fingerprint density at radius 2 is 1.64 bits per heavy atom. The van der Waals surface area contributed by atoms with Crippen LogP contribution in [0.25, 0.3) is 5.57 Å². The van der Waals surface area contributed by atoms with Crippen LogP contribution in [0.15, 0.2) is 41.4 Å². The number of carbonyl (C=O) groups is 2. The first-order valence-corrected chi connectivity index (χ1v) is 9.44. The maximum absolute atomic E-state index is 13.2. The molecule has 0 radical (unpaired) electrons. The quantitative estimate of drug-likeness (QED) is 0.790. The summed E-state index contributed by atoms with van der Waals surface area (Å²) in [7, 11) is 0. The summed E-state index contributed by atoms with van der Waals surface area (Å²) in [6, 6.07) is 9.70. The zero-order valence-corrected chi connectivity index (χ0v) is 15.2. The molecule has 0 aliphatic carbocycles. The summed E-state index contributed by atoms with van der Waals surface area (Å²) in [6.07, 6.45) is 2.12. The number of carbonyl (C=O) groups excluding carboxylic acids is 2. The lowest BCUT2D eigenvalue weighted by atomic mass is 10.1. The molecule has 0 N–H and O–H groups in total. The number of likely N-dealkylation sites (tertiary alicyclic amines) is 1. The van der Waals surface area contributed by atoms with E-state index in [4.69, 9.17) is 0 Å². The molecule has 0 saturated carbocycles. The monoisotopic (exact) mass is 352 g/mol. The highest BCUT2D eigenvalue weighted by atomic mass is 32.1. The van der Waals surface area contributed by atoms with Gasteiger partial charge in [0.25, 0.3) is 11.8 Å². The Balaban J connectivity index is 1.84. The van der Waals surface area contributed by atoms with E-state index in [0.717, 1.165) is 41.9 Å². The summed E-state index contributed by atoms with van der Waals surface area (Å²) >= 11 is 1.51. The van der Waals surface area contributed by atoms with E-state index >= 15 is 0 Å². The Labute approximate surface area is 151 Å². The fraction of sp³-hybridized carbons (Fsp3) is 0.300. The molecule has 2 aromatic rings. The third kappa shape index (κ3) is 2.68. The molecule has 1 saturated heterocycles. The van der Waals surface area contributed by atoms with E-state index in [1.54, 1.807) is 0 Å². The Morgan fingerprint density at radius 1 is 0.960 bits per heavy atom. The van der Waals surface area contributed by atoms with Crippen molar-refractivity contribution in [1.29, 1.82) is 0 Å². The average Bonchev–Trinajstić information content (AvgIpc) is 3.27. The molecule has 3 heterocycles. The van der Waals surface area contributed by atoms with Crippen molar-refractivity contribution >= 4 is 34.4 Å². The number of hydrogen-bond acceptors (Lipinski definition) is 4. The van der Waals surface area contributed by atoms with Crippen molar-refractivity contribution in [2.24, 2.45) is 0 Å². The van der Waals surface area contributed by atoms with Gasteiger partial charge in [0.15, 0.2) is 0 Å². The van der Waals surface area contributed by atoms with Gasteiger partial charge in [-0.05, 0) is 61.4 Å². The molecule has 1 aromatic heterocycles. The highest BCUT2D eigenvalue weighted by Crippen LogP contribution is 2.37. The van der Waals surface area contributed by atoms with Crippen molar-refractivity contribution < 1.29 is 9.59 Å². The summed E-state index contributed by atoms with van der Waals surface area (Å²) in [5.74, 6) is -0.403. The van der Waals surface area contributed by atoms with Crippen LogP contribution in [0, 0.1) is 13.8 Å². The second-order valence-electron chi connectivity index (χ2n) is 6.69. The van der Waals surface area contributed by atoms with E-state index in [-0.39, 0.29) is 11.8 Å². The van der Waals surface area contributed by atoms with Crippen LogP contribution < -0.4 is 4.90 Å². The highest BCUT2D eigenvalue weighted by Gasteiger charge is 2.43. The van der Waals surface area contributed by atoms with Gasteiger partial charge >= 0.3 is 0 Å². The minimum atomic E-state index is -0.209. The second-order valence-corrected chi connectivity index (χ2v) is 7.63. The van der Waals surface area contributed by atoms with E-state index in [2.05, 4.69) is 4.90 Å². The lowest BCUT2D eigenvalue weighted by molar-refractivity contribution is -0.120. The Hall–Kier alpha value is -2.40. The third-order valence-corrected chi connectivity index (χ3v) is 5.60. The van der Waals surface area contributed by atoms with Crippen molar-refractivity contribution in [2.75, 3.05) is 18.0 Å². The van der Waals surface area contributed by atoms with Crippen LogP contribution in [-0.2, 0) is 9.59 Å². The van der Waals surface area contributed by atoms with Gasteiger partial charge in [-0.3, -0.25) is 9.59 Å². The van der Waals surface area contributed by atoms with E-state index in [0.29, 0.717) is 17.0 Å². The molecule has 4 nitrogen and oxygen atoms in total. The van der Waals surface area contributed by atoms with Gasteiger partial charge in [-0.25, -0.2) is 4.90 Å². The molecule has 0 unspecified atom stereocenters. The number of amides is 2. The number of rotatable bonds is 3. The average molecular weight is 352 g/mol. The lowest BCUT2D eigenvalue weighted by Crippen LogP contribution is -2.34. The van der Waals surface area contributed by atoms with E-state index in [1.165, 1.54) is 16.2 Å². The zero-order chi connectivity index (χ0) is 17.6. The van der Waals surface area contributed by atoms with Crippen LogP contribution in [0.3, 0.4) is 0 Å². The number of aryl methyl sites for hydroxylation is 2. The first kappa shape index (κ1) is 16.1. The lowest BCUT2D eigenvalue weighted by Gasteiger charge is -2.20. The second kappa shape index (κ2) is 6.15. The zero-order valence-electron chi connectivity index (χ0n) is 14.4. The van der Waals surface area contributed by atoms with Gasteiger partial charge in [-0.15, -0.1) is 11.3 Å². The Bertz CT molecular complexity index is 857. The topological polar surface area (TPSA) is 40.6 Å². The van der Waals surface area contributed by atoms with Crippen molar-refractivity contribution in [3.8, 4) is 0 Å². The molecule has 0 atom stereocenters. The van der Waals surface area contributed by atoms with Crippen molar-refractivity contribution in [3.05, 3.63) is 57.4 Å². The standard InChI is InChI=1S/C20H20N2O2S/c1-13-10-14(2)12-15(11-13)22-19(23)17(16-6-5-9-25-16)18(20(22)24)21-7-3-4-8-21/h5-6,9-12H,3-4,7-8H2,1-2H3. The third-order valence-electron chi connectivity index (χ3n) is 4.71. The number of nitrogens with zero attached hydrogens (tertiary/aromatic N) is 2. The van der Waals surface area contributed by atoms with Gasteiger partial charge in [0.1, 0.15) is 5.70 Å². The molecule has 2 aliphatic rings. The van der Waals surface area contributed by atoms with Crippen molar-refractivity contribution in [3.63, 3.8) is 0 Å². The number of thiophene rings is 1. The number of anilines is 1. The van der Waals surface area contributed by atoms with Gasteiger partial charge in [-0.1, -0.05) is 12.1 Å². The Kier molecular flexibility index (Phi) is 3.96. The molecular formula is C20H20N2O2S. The number of imide groups is 1. The van der Waals surface area contributed by atoms with Crippen molar-refractivity contribution in [1.82, 2.24) is 4.90 Å². The summed E-state index contributed by atoms with van der Waals surface area (Å²) in [5, 5.41) is 1.95. The minimum absolute atomic E-state index is 0.194. The van der Waals surface area contributed by atoms with Crippen molar-refractivity contribution in [2.45, 2.75) is 26.7 Å². The normalized spacial score (nSPS) is 18.0. The van der Waals surface area contributed by atoms with Crippen LogP contribution in [0.2, 0.25) is 0 Å². The van der Waals surface area contributed by atoms with Gasteiger partial charge in [0.05, 0.1) is 11.3 Å². The molecule has 4 rings (SSSR count). The smallest absolute Gasteiger partial charge is 0.282 e. The highest BCUT2D eigenvalue weighted by molar-refractivity contribution is 7.11. The maximum atomic E-state index is 13.2. The molecule has 0 bridgehead atoms. The fourth-order valence-electron chi connectivity index (χ4n) is 3.71. The molecule has 2 aliphatic heterocycles. The van der Waals surface area contributed by atoms with Crippen LogP contribution in [0.5, 0.6) is 0 Å². The predicted molar refractivity (Wildman–Crippen MR) is 100 cm³/mol. The molecule has 128 valence electrons. The largest absolute Gasteiger partial charge is 0.366 e. The number of benzene rings is 1. The fourth-order valence-corrected chi connectivity index (χ4v) is 4.47. The molecule has 1 fully saturated rings. The van der Waals surface area contributed by atoms with E-state index < -0.39 is 0 Å². The summed E-state index contributed by atoms with van der Waals surface area (Å²) in [5.41, 5.74) is 3.88. The van der Waals surface area contributed by atoms with E-state index in [1.807, 2.05) is 49.6 Å². The molecule has 0 spiro atoms. The molecule has 2 amide bonds. The first-order chi connectivity index (χ1) is 12.1. The van der Waals surface area contributed by atoms with Gasteiger partial charge in [-0.2, -0.15) is 0 Å². The van der Waals surface area contributed by atoms with Gasteiger partial charge < -0.3 is 4.90 Å². The molecule has 1 aromatic carbocycles. The van der Waals surface area contributed by atoms with Gasteiger partial charge in [0.2, 0.25) is 0 Å². The van der Waals surface area contributed by atoms with Crippen LogP contribution in [-0.4, -0.2) is 29.8 Å². The summed E-state index contributed by atoms with van der Waals surface area (Å²) < 4.78 is 0. The van der Waals surface area contributed by atoms with Crippen LogP contribution in [0.4, 0.5) is 5.69 Å². The first-order valence-electron chi connectivity index (χ1n) is 8.56. The summed E-state index contributed by atoms with van der Waals surface area (Å²) in [6.45, 7) is 5.64. The maximum Gasteiger partial charge on any atom is 0.282 e. The predicted octanol–water partition coefficient (Wildman–Crippen LogP) is 3.75. The Morgan fingerprint density at radius 3 is 2.24 bits per heavy atom.